The fourth-order valence-corrected chi connectivity index (χ4v) is 3.93. The normalized spacial score (nSPS) is 26.2. The highest BCUT2D eigenvalue weighted by Gasteiger charge is 2.28. The Balaban J connectivity index is 1.91. The van der Waals surface area contributed by atoms with Crippen LogP contribution in [-0.4, -0.2) is 30.0 Å². The van der Waals surface area contributed by atoms with Crippen molar-refractivity contribution in [2.75, 3.05) is 14.2 Å². The van der Waals surface area contributed by atoms with Crippen LogP contribution in [0.5, 0.6) is 5.75 Å². The number of aromatic nitrogens is 2. The Kier molecular flexibility index (Phi) is 4.22. The number of nitrogens with zero attached hydrogens (tertiary/aromatic N) is 2. The van der Waals surface area contributed by atoms with E-state index in [0.717, 1.165) is 21.1 Å². The summed E-state index contributed by atoms with van der Waals surface area (Å²) in [5.74, 6) is 1.47. The van der Waals surface area contributed by atoms with E-state index < -0.39 is 0 Å². The summed E-state index contributed by atoms with van der Waals surface area (Å²) in [6.45, 7) is 2.33. The molecule has 5 heteroatoms. The molecule has 0 saturated heterocycles. The van der Waals surface area contributed by atoms with E-state index in [2.05, 4.69) is 52.2 Å². The van der Waals surface area contributed by atoms with Gasteiger partial charge in [0.1, 0.15) is 5.75 Å². The summed E-state index contributed by atoms with van der Waals surface area (Å²) in [6.07, 6.45) is 5.78. The smallest absolute Gasteiger partial charge is 0.135 e. The van der Waals surface area contributed by atoms with Crippen molar-refractivity contribution < 1.29 is 4.74 Å². The number of nitrogens with one attached hydrogen (secondary N) is 1. The van der Waals surface area contributed by atoms with Gasteiger partial charge in [0.25, 0.3) is 0 Å². The van der Waals surface area contributed by atoms with Gasteiger partial charge in [-0.2, -0.15) is 5.10 Å². The van der Waals surface area contributed by atoms with Crippen molar-refractivity contribution >= 4 is 26.8 Å². The number of methoxy groups -OCH3 is 1. The predicted octanol–water partition coefficient (Wildman–Crippen LogP) is 3.76. The van der Waals surface area contributed by atoms with E-state index in [1.807, 2.05) is 6.07 Å². The number of halogens is 1. The molecular weight excluding hydrogens is 330 g/mol. The second-order valence-corrected chi connectivity index (χ2v) is 6.85. The Morgan fingerprint density at radius 1 is 1.38 bits per heavy atom. The molecule has 0 radical (unpaired) electrons. The van der Waals surface area contributed by atoms with Gasteiger partial charge in [0, 0.05) is 23.7 Å². The van der Waals surface area contributed by atoms with Crippen LogP contribution in [0, 0.1) is 5.92 Å². The van der Waals surface area contributed by atoms with Crippen LogP contribution in [0.1, 0.15) is 32.2 Å². The van der Waals surface area contributed by atoms with E-state index in [-0.39, 0.29) is 0 Å². The third kappa shape index (κ3) is 2.81. The minimum absolute atomic E-state index is 0.492. The Morgan fingerprint density at radius 3 is 2.86 bits per heavy atom. The molecule has 0 aliphatic heterocycles. The molecular formula is C16H22BrN3O. The fraction of sp³-hybridized carbons (Fsp3) is 0.562. The molecule has 1 unspecified atom stereocenters. The Labute approximate surface area is 134 Å². The highest BCUT2D eigenvalue weighted by Crippen LogP contribution is 2.35. The van der Waals surface area contributed by atoms with Gasteiger partial charge in [-0.05, 0) is 54.2 Å². The Bertz CT molecular complexity index is 640. The molecule has 1 aromatic heterocycles. The van der Waals surface area contributed by atoms with Gasteiger partial charge in [0.2, 0.25) is 0 Å². The van der Waals surface area contributed by atoms with E-state index >= 15 is 0 Å². The number of fused-ring (bicyclic) bond motifs is 1. The van der Waals surface area contributed by atoms with Gasteiger partial charge in [0.15, 0.2) is 0 Å². The molecule has 1 N–H and O–H groups in total. The highest BCUT2D eigenvalue weighted by atomic mass is 79.9. The lowest BCUT2D eigenvalue weighted by atomic mass is 9.83. The molecule has 1 aliphatic rings. The summed E-state index contributed by atoms with van der Waals surface area (Å²) < 4.78 is 8.49. The molecule has 114 valence electrons. The van der Waals surface area contributed by atoms with Gasteiger partial charge >= 0.3 is 0 Å². The third-order valence-corrected chi connectivity index (χ3v) is 5.29. The molecule has 0 spiro atoms. The van der Waals surface area contributed by atoms with E-state index in [1.165, 1.54) is 19.3 Å². The molecule has 3 rings (SSSR count). The van der Waals surface area contributed by atoms with Crippen LogP contribution in [-0.2, 0) is 0 Å². The first-order chi connectivity index (χ1) is 10.1. The van der Waals surface area contributed by atoms with Crippen molar-refractivity contribution in [1.82, 2.24) is 15.1 Å². The quantitative estimate of drug-likeness (QED) is 0.914. The Morgan fingerprint density at radius 2 is 2.19 bits per heavy atom. The predicted molar refractivity (Wildman–Crippen MR) is 88.9 cm³/mol. The second-order valence-electron chi connectivity index (χ2n) is 6.00. The van der Waals surface area contributed by atoms with Crippen LogP contribution < -0.4 is 10.1 Å². The van der Waals surface area contributed by atoms with Gasteiger partial charge in [-0.25, -0.2) is 0 Å². The lowest BCUT2D eigenvalue weighted by molar-refractivity contribution is 0.207. The summed E-state index contributed by atoms with van der Waals surface area (Å²) in [5, 5.41) is 9.34. The van der Waals surface area contributed by atoms with Crippen LogP contribution >= 0.6 is 15.9 Å². The topological polar surface area (TPSA) is 39.1 Å². The maximum Gasteiger partial charge on any atom is 0.135 e. The number of hydrogen-bond acceptors (Lipinski definition) is 3. The summed E-state index contributed by atoms with van der Waals surface area (Å²) in [4.78, 5) is 0. The number of hydrogen-bond donors (Lipinski definition) is 1. The van der Waals surface area contributed by atoms with Gasteiger partial charge in [-0.3, -0.25) is 4.68 Å². The minimum atomic E-state index is 0.492. The lowest BCUT2D eigenvalue weighted by Gasteiger charge is -2.34. The number of ether oxygens (including phenoxy) is 1. The maximum atomic E-state index is 5.35. The SMILES string of the molecule is CNC1CC[C@H](n2cc3cc(Br)c(OC)cc3n2)[C@H](C)C1. The van der Waals surface area contributed by atoms with E-state index in [4.69, 9.17) is 9.84 Å². The van der Waals surface area contributed by atoms with E-state index in [0.29, 0.717) is 18.0 Å². The second kappa shape index (κ2) is 5.97. The first-order valence-corrected chi connectivity index (χ1v) is 8.31. The van der Waals surface area contributed by atoms with Crippen molar-refractivity contribution in [2.24, 2.45) is 5.92 Å². The molecule has 1 fully saturated rings. The monoisotopic (exact) mass is 351 g/mol. The average Bonchev–Trinajstić information content (AvgIpc) is 2.88. The third-order valence-electron chi connectivity index (χ3n) is 4.67. The van der Waals surface area contributed by atoms with Crippen LogP contribution in [0.4, 0.5) is 0 Å². The van der Waals surface area contributed by atoms with Crippen LogP contribution in [0.2, 0.25) is 0 Å². The standard InChI is InChI=1S/C16H22BrN3O/c1-10-6-12(18-2)4-5-15(10)20-9-11-7-13(17)16(21-3)8-14(11)19-20/h7-10,12,15,18H,4-6H2,1-3H3/t10-,12?,15+/m1/s1. The molecule has 1 aliphatic carbocycles. The summed E-state index contributed by atoms with van der Waals surface area (Å²) in [7, 11) is 3.74. The molecule has 21 heavy (non-hydrogen) atoms. The van der Waals surface area contributed by atoms with Crippen LogP contribution in [0.3, 0.4) is 0 Å². The van der Waals surface area contributed by atoms with Crippen molar-refractivity contribution in [3.05, 3.63) is 22.8 Å². The zero-order valence-corrected chi connectivity index (χ0v) is 14.4. The van der Waals surface area contributed by atoms with Crippen LogP contribution in [0.25, 0.3) is 10.9 Å². The van der Waals surface area contributed by atoms with Crippen molar-refractivity contribution in [2.45, 2.75) is 38.3 Å². The molecule has 4 nitrogen and oxygen atoms in total. The molecule has 1 heterocycles. The maximum absolute atomic E-state index is 5.35. The van der Waals surface area contributed by atoms with Gasteiger partial charge in [-0.1, -0.05) is 6.92 Å². The molecule has 1 aromatic carbocycles. The molecule has 3 atom stereocenters. The highest BCUT2D eigenvalue weighted by molar-refractivity contribution is 9.10. The molecule has 2 aromatic rings. The molecule has 0 bridgehead atoms. The molecule has 1 saturated carbocycles. The largest absolute Gasteiger partial charge is 0.495 e. The van der Waals surface area contributed by atoms with Gasteiger partial charge < -0.3 is 10.1 Å². The van der Waals surface area contributed by atoms with Crippen molar-refractivity contribution in [3.8, 4) is 5.75 Å². The first kappa shape index (κ1) is 14.9. The first-order valence-electron chi connectivity index (χ1n) is 7.52. The zero-order chi connectivity index (χ0) is 15.0. The van der Waals surface area contributed by atoms with Gasteiger partial charge in [0.05, 0.1) is 23.1 Å². The number of benzene rings is 1. The molecule has 0 amide bonds. The Hall–Kier alpha value is -1.07. The van der Waals surface area contributed by atoms with E-state index in [9.17, 15) is 0 Å². The van der Waals surface area contributed by atoms with Gasteiger partial charge in [-0.15, -0.1) is 0 Å². The van der Waals surface area contributed by atoms with E-state index in [1.54, 1.807) is 7.11 Å². The lowest BCUT2D eigenvalue weighted by Crippen LogP contribution is -2.35. The average molecular weight is 352 g/mol. The van der Waals surface area contributed by atoms with Crippen LogP contribution in [0.15, 0.2) is 22.8 Å². The summed E-state index contributed by atoms with van der Waals surface area (Å²) in [6, 6.07) is 5.23. The zero-order valence-electron chi connectivity index (χ0n) is 12.8. The summed E-state index contributed by atoms with van der Waals surface area (Å²) in [5.41, 5.74) is 0.998. The number of rotatable bonds is 3. The van der Waals surface area contributed by atoms with Crippen molar-refractivity contribution in [3.63, 3.8) is 0 Å². The summed E-state index contributed by atoms with van der Waals surface area (Å²) >= 11 is 3.54. The minimum Gasteiger partial charge on any atom is -0.495 e. The fourth-order valence-electron chi connectivity index (χ4n) is 3.41. The van der Waals surface area contributed by atoms with Crippen molar-refractivity contribution in [1.29, 1.82) is 0 Å².